The van der Waals surface area contributed by atoms with E-state index in [2.05, 4.69) is 5.10 Å². The van der Waals surface area contributed by atoms with Gasteiger partial charge in [-0.15, -0.1) is 0 Å². The maximum absolute atomic E-state index is 10.9. The smallest absolute Gasteiger partial charge is 0.313 e. The molecule has 6 nitrogen and oxygen atoms in total. The van der Waals surface area contributed by atoms with Crippen molar-refractivity contribution in [2.45, 2.75) is 31.3 Å². The molecule has 0 saturated carbocycles. The summed E-state index contributed by atoms with van der Waals surface area (Å²) in [6.07, 6.45) is 7.62. The van der Waals surface area contributed by atoms with E-state index in [0.29, 0.717) is 18.5 Å². The van der Waals surface area contributed by atoms with Gasteiger partial charge in [0, 0.05) is 7.05 Å². The molecule has 1 aliphatic rings. The average molecular weight is 237 g/mol. The maximum atomic E-state index is 10.9. The summed E-state index contributed by atoms with van der Waals surface area (Å²) in [4.78, 5) is 10.4. The zero-order valence-electron chi connectivity index (χ0n) is 9.67. The van der Waals surface area contributed by atoms with Crippen molar-refractivity contribution >= 4 is 5.69 Å². The van der Waals surface area contributed by atoms with Gasteiger partial charge in [0.1, 0.15) is 17.5 Å². The van der Waals surface area contributed by atoms with Gasteiger partial charge in [0.15, 0.2) is 0 Å². The summed E-state index contributed by atoms with van der Waals surface area (Å²) in [5.41, 5.74) is -0.944. The molecular formula is C11H15N3O3. The van der Waals surface area contributed by atoms with E-state index in [1.807, 2.05) is 12.2 Å². The van der Waals surface area contributed by atoms with Crippen LogP contribution in [0.3, 0.4) is 0 Å². The van der Waals surface area contributed by atoms with Crippen LogP contribution in [-0.2, 0) is 12.6 Å². The molecule has 1 heterocycles. The van der Waals surface area contributed by atoms with Gasteiger partial charge >= 0.3 is 5.69 Å². The molecule has 17 heavy (non-hydrogen) atoms. The summed E-state index contributed by atoms with van der Waals surface area (Å²) in [5, 5.41) is 25.4. The first-order valence-electron chi connectivity index (χ1n) is 5.59. The van der Waals surface area contributed by atoms with Crippen molar-refractivity contribution in [3.05, 3.63) is 34.2 Å². The Morgan fingerprint density at radius 3 is 2.59 bits per heavy atom. The fourth-order valence-corrected chi connectivity index (χ4v) is 2.34. The Bertz CT molecular complexity index is 455. The number of hydrogen-bond donors (Lipinski definition) is 1. The van der Waals surface area contributed by atoms with Gasteiger partial charge in [-0.3, -0.25) is 14.8 Å². The highest BCUT2D eigenvalue weighted by Crippen LogP contribution is 2.38. The van der Waals surface area contributed by atoms with Gasteiger partial charge in [-0.05, 0) is 25.7 Å². The van der Waals surface area contributed by atoms with E-state index in [0.717, 1.165) is 12.8 Å². The lowest BCUT2D eigenvalue weighted by atomic mass is 9.89. The number of aromatic nitrogens is 2. The van der Waals surface area contributed by atoms with Crippen molar-refractivity contribution in [2.24, 2.45) is 7.05 Å². The zero-order valence-corrected chi connectivity index (χ0v) is 9.67. The first-order valence-corrected chi connectivity index (χ1v) is 5.59. The van der Waals surface area contributed by atoms with Gasteiger partial charge in [0.05, 0.1) is 4.92 Å². The molecule has 0 unspecified atom stereocenters. The average Bonchev–Trinajstić information content (AvgIpc) is 2.53. The van der Waals surface area contributed by atoms with Gasteiger partial charge in [0.25, 0.3) is 0 Å². The molecule has 0 fully saturated rings. The van der Waals surface area contributed by atoms with Crippen molar-refractivity contribution in [3.8, 4) is 0 Å². The molecule has 2 rings (SSSR count). The van der Waals surface area contributed by atoms with E-state index in [1.165, 1.54) is 10.9 Å². The fourth-order valence-electron chi connectivity index (χ4n) is 2.34. The van der Waals surface area contributed by atoms with Crippen LogP contribution in [0.4, 0.5) is 5.69 Å². The second-order valence-corrected chi connectivity index (χ2v) is 4.34. The van der Waals surface area contributed by atoms with Crippen LogP contribution in [-0.4, -0.2) is 19.8 Å². The first-order chi connectivity index (χ1) is 8.04. The van der Waals surface area contributed by atoms with Crippen LogP contribution in [0.5, 0.6) is 0 Å². The molecular weight excluding hydrogens is 222 g/mol. The minimum absolute atomic E-state index is 0.100. The number of nitro groups is 1. The molecule has 0 atom stereocenters. The van der Waals surface area contributed by atoms with Crippen LogP contribution in [0, 0.1) is 10.1 Å². The fraction of sp³-hybridized carbons (Fsp3) is 0.545. The van der Waals surface area contributed by atoms with E-state index < -0.39 is 10.5 Å². The predicted molar refractivity (Wildman–Crippen MR) is 61.4 cm³/mol. The highest BCUT2D eigenvalue weighted by molar-refractivity contribution is 5.37. The maximum Gasteiger partial charge on any atom is 0.313 e. The first kappa shape index (κ1) is 11.8. The second kappa shape index (κ2) is 4.29. The quantitative estimate of drug-likeness (QED) is 0.481. The Morgan fingerprint density at radius 2 is 2.06 bits per heavy atom. The van der Waals surface area contributed by atoms with E-state index in [-0.39, 0.29) is 5.69 Å². The highest BCUT2D eigenvalue weighted by Gasteiger charge is 2.38. The molecule has 0 saturated heterocycles. The van der Waals surface area contributed by atoms with Gasteiger partial charge in [-0.2, -0.15) is 5.10 Å². The molecule has 0 spiro atoms. The summed E-state index contributed by atoms with van der Waals surface area (Å²) >= 11 is 0. The third-order valence-electron chi connectivity index (χ3n) is 3.17. The molecule has 0 radical (unpaired) electrons. The Kier molecular flexibility index (Phi) is 2.97. The standard InChI is InChI=1S/C11H15N3O3/c1-13-10(9(8-12-13)14(16)17)11(15)6-4-2-3-5-7-11/h2-3,8,15H,4-7H2,1H3. The van der Waals surface area contributed by atoms with Crippen LogP contribution < -0.4 is 0 Å². The van der Waals surface area contributed by atoms with Gasteiger partial charge < -0.3 is 5.11 Å². The number of allylic oxidation sites excluding steroid dienone is 2. The molecule has 0 aliphatic heterocycles. The summed E-state index contributed by atoms with van der Waals surface area (Å²) < 4.78 is 1.41. The number of nitrogens with zero attached hydrogens (tertiary/aromatic N) is 3. The monoisotopic (exact) mass is 237 g/mol. The molecule has 92 valence electrons. The Labute approximate surface area is 98.7 Å². The Morgan fingerprint density at radius 1 is 1.47 bits per heavy atom. The van der Waals surface area contributed by atoms with Crippen molar-refractivity contribution in [1.82, 2.24) is 9.78 Å². The molecule has 0 aromatic carbocycles. The summed E-state index contributed by atoms with van der Waals surface area (Å²) in [5.74, 6) is 0. The van der Waals surface area contributed by atoms with Crippen LogP contribution in [0.2, 0.25) is 0 Å². The van der Waals surface area contributed by atoms with E-state index in [9.17, 15) is 15.2 Å². The van der Waals surface area contributed by atoms with Crippen LogP contribution in [0.1, 0.15) is 31.4 Å². The SMILES string of the molecule is Cn1ncc([N+](=O)[O-])c1C1(O)CCC=CCC1. The minimum atomic E-state index is -1.16. The minimum Gasteiger partial charge on any atom is -0.383 e. The third kappa shape index (κ3) is 2.08. The summed E-state index contributed by atoms with van der Waals surface area (Å²) in [6.45, 7) is 0. The van der Waals surface area contributed by atoms with E-state index >= 15 is 0 Å². The van der Waals surface area contributed by atoms with Crippen LogP contribution in [0.25, 0.3) is 0 Å². The van der Waals surface area contributed by atoms with Crippen LogP contribution >= 0.6 is 0 Å². The van der Waals surface area contributed by atoms with E-state index in [1.54, 1.807) is 7.05 Å². The number of aryl methyl sites for hydroxylation is 1. The Balaban J connectivity index is 2.44. The summed E-state index contributed by atoms with van der Waals surface area (Å²) in [7, 11) is 1.62. The lowest BCUT2D eigenvalue weighted by Crippen LogP contribution is -2.28. The zero-order chi connectivity index (χ0) is 12.5. The highest BCUT2D eigenvalue weighted by atomic mass is 16.6. The Hall–Kier alpha value is -1.69. The van der Waals surface area contributed by atoms with Gasteiger partial charge in [-0.25, -0.2) is 0 Å². The normalized spacial score (nSPS) is 18.9. The molecule has 0 bridgehead atoms. The molecule has 1 aromatic rings. The number of aliphatic hydroxyl groups is 1. The molecule has 1 aromatic heterocycles. The van der Waals surface area contributed by atoms with E-state index in [4.69, 9.17) is 0 Å². The predicted octanol–water partition coefficient (Wildman–Crippen LogP) is 1.65. The van der Waals surface area contributed by atoms with Crippen molar-refractivity contribution in [2.75, 3.05) is 0 Å². The number of rotatable bonds is 2. The summed E-state index contributed by atoms with van der Waals surface area (Å²) in [6, 6.07) is 0. The molecule has 6 heteroatoms. The lowest BCUT2D eigenvalue weighted by Gasteiger charge is -2.25. The second-order valence-electron chi connectivity index (χ2n) is 4.34. The van der Waals surface area contributed by atoms with Crippen LogP contribution in [0.15, 0.2) is 18.3 Å². The van der Waals surface area contributed by atoms with Crippen molar-refractivity contribution in [1.29, 1.82) is 0 Å². The largest absolute Gasteiger partial charge is 0.383 e. The molecule has 1 N–H and O–H groups in total. The van der Waals surface area contributed by atoms with Crippen molar-refractivity contribution < 1.29 is 10.0 Å². The number of hydrogen-bond acceptors (Lipinski definition) is 4. The van der Waals surface area contributed by atoms with Gasteiger partial charge in [0.2, 0.25) is 0 Å². The topological polar surface area (TPSA) is 81.2 Å². The van der Waals surface area contributed by atoms with Crippen molar-refractivity contribution in [3.63, 3.8) is 0 Å². The lowest BCUT2D eigenvalue weighted by molar-refractivity contribution is -0.386. The van der Waals surface area contributed by atoms with Gasteiger partial charge in [-0.1, -0.05) is 12.2 Å². The molecule has 0 amide bonds. The third-order valence-corrected chi connectivity index (χ3v) is 3.17. The molecule has 1 aliphatic carbocycles.